The first-order valence-electron chi connectivity index (χ1n) is 6.57. The summed E-state index contributed by atoms with van der Waals surface area (Å²) < 4.78 is 29.2. The summed E-state index contributed by atoms with van der Waals surface area (Å²) in [5.74, 6) is 1.67. The Balaban J connectivity index is 1.78. The third-order valence-electron chi connectivity index (χ3n) is 2.92. The quantitative estimate of drug-likeness (QED) is 0.794. The third-order valence-corrected chi connectivity index (χ3v) is 2.92. The summed E-state index contributed by atoms with van der Waals surface area (Å²) in [7, 11) is 3.12. The smallest absolute Gasteiger partial charge is 0.149 e. The standard InChI is InChI=1S/C16H18FNO3/c1-19-12-3-5-13(6-4-12)21-10-9-18-16-8-7-14(20-2)11-15(16)17/h3-8,11,18H,9-10H2,1-2H3. The van der Waals surface area contributed by atoms with Crippen molar-refractivity contribution in [1.82, 2.24) is 0 Å². The summed E-state index contributed by atoms with van der Waals surface area (Å²) in [4.78, 5) is 0. The van der Waals surface area contributed by atoms with Crippen molar-refractivity contribution < 1.29 is 18.6 Å². The first-order chi connectivity index (χ1) is 10.2. The second-order valence-electron chi connectivity index (χ2n) is 4.30. The Kier molecular flexibility index (Phi) is 5.26. The first-order valence-corrected chi connectivity index (χ1v) is 6.57. The van der Waals surface area contributed by atoms with Gasteiger partial charge in [-0.3, -0.25) is 0 Å². The number of ether oxygens (including phenoxy) is 3. The van der Waals surface area contributed by atoms with Crippen LogP contribution in [0.2, 0.25) is 0 Å². The van der Waals surface area contributed by atoms with E-state index in [0.717, 1.165) is 11.5 Å². The van der Waals surface area contributed by atoms with Crippen LogP contribution >= 0.6 is 0 Å². The maximum atomic E-state index is 13.7. The molecule has 0 saturated heterocycles. The van der Waals surface area contributed by atoms with Crippen molar-refractivity contribution in [3.8, 4) is 17.2 Å². The first kappa shape index (κ1) is 15.0. The van der Waals surface area contributed by atoms with E-state index in [1.165, 1.54) is 13.2 Å². The molecule has 1 N–H and O–H groups in total. The van der Waals surface area contributed by atoms with Gasteiger partial charge in [0, 0.05) is 12.6 Å². The van der Waals surface area contributed by atoms with Crippen LogP contribution in [0.4, 0.5) is 10.1 Å². The molecule has 5 heteroatoms. The topological polar surface area (TPSA) is 39.7 Å². The van der Waals surface area contributed by atoms with E-state index in [-0.39, 0.29) is 5.82 Å². The van der Waals surface area contributed by atoms with Gasteiger partial charge in [-0.15, -0.1) is 0 Å². The molecular formula is C16H18FNO3. The van der Waals surface area contributed by atoms with Crippen molar-refractivity contribution in [3.63, 3.8) is 0 Å². The van der Waals surface area contributed by atoms with E-state index in [9.17, 15) is 4.39 Å². The highest BCUT2D eigenvalue weighted by Gasteiger charge is 2.03. The lowest BCUT2D eigenvalue weighted by molar-refractivity contribution is 0.331. The van der Waals surface area contributed by atoms with Crippen LogP contribution in [0.5, 0.6) is 17.2 Å². The van der Waals surface area contributed by atoms with Crippen LogP contribution in [0.25, 0.3) is 0 Å². The zero-order valence-electron chi connectivity index (χ0n) is 12.1. The molecule has 2 aromatic carbocycles. The molecule has 0 spiro atoms. The number of anilines is 1. The van der Waals surface area contributed by atoms with Crippen molar-refractivity contribution in [2.45, 2.75) is 0 Å². The molecule has 0 aliphatic rings. The highest BCUT2D eigenvalue weighted by molar-refractivity contribution is 5.48. The molecule has 0 heterocycles. The van der Waals surface area contributed by atoms with E-state index >= 15 is 0 Å². The van der Waals surface area contributed by atoms with Crippen LogP contribution < -0.4 is 19.5 Å². The number of rotatable bonds is 7. The summed E-state index contributed by atoms with van der Waals surface area (Å²) in [6.45, 7) is 0.924. The minimum absolute atomic E-state index is 0.348. The van der Waals surface area contributed by atoms with Gasteiger partial charge in [-0.05, 0) is 36.4 Å². The molecule has 0 fully saturated rings. The Morgan fingerprint density at radius 1 is 0.905 bits per heavy atom. The Hall–Kier alpha value is -2.43. The van der Waals surface area contributed by atoms with Gasteiger partial charge in [0.2, 0.25) is 0 Å². The maximum Gasteiger partial charge on any atom is 0.149 e. The van der Waals surface area contributed by atoms with Gasteiger partial charge in [0.05, 0.1) is 19.9 Å². The van der Waals surface area contributed by atoms with Gasteiger partial charge in [0.15, 0.2) is 0 Å². The van der Waals surface area contributed by atoms with Gasteiger partial charge >= 0.3 is 0 Å². The van der Waals surface area contributed by atoms with E-state index in [4.69, 9.17) is 14.2 Å². The number of halogens is 1. The zero-order valence-corrected chi connectivity index (χ0v) is 12.1. The highest BCUT2D eigenvalue weighted by atomic mass is 19.1. The molecule has 0 unspecified atom stereocenters. The van der Waals surface area contributed by atoms with E-state index in [2.05, 4.69) is 5.32 Å². The molecule has 112 valence electrons. The molecule has 0 bridgehead atoms. The number of methoxy groups -OCH3 is 2. The molecule has 0 aliphatic heterocycles. The maximum absolute atomic E-state index is 13.7. The van der Waals surface area contributed by atoms with Crippen LogP contribution in [-0.2, 0) is 0 Å². The summed E-state index contributed by atoms with van der Waals surface area (Å²) in [5.41, 5.74) is 0.425. The Morgan fingerprint density at radius 2 is 1.52 bits per heavy atom. The predicted molar refractivity (Wildman–Crippen MR) is 79.9 cm³/mol. The minimum Gasteiger partial charge on any atom is -0.497 e. The monoisotopic (exact) mass is 291 g/mol. The van der Waals surface area contributed by atoms with Crippen LogP contribution in [-0.4, -0.2) is 27.4 Å². The molecule has 0 aromatic heterocycles. The molecule has 2 aromatic rings. The van der Waals surface area contributed by atoms with Crippen LogP contribution in [0.3, 0.4) is 0 Å². The third kappa shape index (κ3) is 4.27. The van der Waals surface area contributed by atoms with Crippen LogP contribution in [0.1, 0.15) is 0 Å². The molecule has 21 heavy (non-hydrogen) atoms. The molecule has 0 saturated carbocycles. The average Bonchev–Trinajstić information content (AvgIpc) is 2.53. The fraction of sp³-hybridized carbons (Fsp3) is 0.250. The van der Waals surface area contributed by atoms with Crippen molar-refractivity contribution in [1.29, 1.82) is 0 Å². The fourth-order valence-electron chi connectivity index (χ4n) is 1.79. The normalized spacial score (nSPS) is 10.0. The molecule has 0 aliphatic carbocycles. The summed E-state index contributed by atoms with van der Waals surface area (Å²) >= 11 is 0. The van der Waals surface area contributed by atoms with Gasteiger partial charge < -0.3 is 19.5 Å². The van der Waals surface area contributed by atoms with E-state index in [0.29, 0.717) is 24.6 Å². The van der Waals surface area contributed by atoms with E-state index < -0.39 is 0 Å². The predicted octanol–water partition coefficient (Wildman–Crippen LogP) is 3.33. The Labute approximate surface area is 123 Å². The lowest BCUT2D eigenvalue weighted by Crippen LogP contribution is -2.12. The van der Waals surface area contributed by atoms with E-state index in [1.54, 1.807) is 19.2 Å². The highest BCUT2D eigenvalue weighted by Crippen LogP contribution is 2.20. The van der Waals surface area contributed by atoms with Gasteiger partial charge in [-0.1, -0.05) is 0 Å². The van der Waals surface area contributed by atoms with Crippen molar-refractivity contribution in [2.75, 3.05) is 32.7 Å². The van der Waals surface area contributed by atoms with Gasteiger partial charge in [0.25, 0.3) is 0 Å². The molecule has 0 amide bonds. The molecule has 4 nitrogen and oxygen atoms in total. The van der Waals surface area contributed by atoms with Gasteiger partial charge in [-0.25, -0.2) is 4.39 Å². The minimum atomic E-state index is -0.348. The summed E-state index contributed by atoms with van der Waals surface area (Å²) in [6.07, 6.45) is 0. The fourth-order valence-corrected chi connectivity index (χ4v) is 1.79. The number of nitrogens with one attached hydrogen (secondary N) is 1. The van der Waals surface area contributed by atoms with Gasteiger partial charge in [0.1, 0.15) is 29.7 Å². The number of hydrogen-bond acceptors (Lipinski definition) is 4. The molecule has 0 radical (unpaired) electrons. The Morgan fingerprint density at radius 3 is 2.14 bits per heavy atom. The largest absolute Gasteiger partial charge is 0.497 e. The zero-order chi connectivity index (χ0) is 15.1. The second kappa shape index (κ2) is 7.38. The molecule has 0 atom stereocenters. The van der Waals surface area contributed by atoms with Crippen molar-refractivity contribution in [2.24, 2.45) is 0 Å². The summed E-state index contributed by atoms with van der Waals surface area (Å²) in [5, 5.41) is 2.98. The molecule has 2 rings (SSSR count). The average molecular weight is 291 g/mol. The van der Waals surface area contributed by atoms with Crippen LogP contribution in [0, 0.1) is 5.82 Å². The lowest BCUT2D eigenvalue weighted by atomic mass is 10.3. The second-order valence-corrected chi connectivity index (χ2v) is 4.30. The van der Waals surface area contributed by atoms with Gasteiger partial charge in [-0.2, -0.15) is 0 Å². The molecular weight excluding hydrogens is 273 g/mol. The van der Waals surface area contributed by atoms with Crippen LogP contribution in [0.15, 0.2) is 42.5 Å². The summed E-state index contributed by atoms with van der Waals surface area (Å²) in [6, 6.07) is 12.0. The number of hydrogen-bond donors (Lipinski definition) is 1. The SMILES string of the molecule is COc1ccc(OCCNc2ccc(OC)cc2F)cc1. The van der Waals surface area contributed by atoms with Crippen molar-refractivity contribution in [3.05, 3.63) is 48.3 Å². The van der Waals surface area contributed by atoms with E-state index in [1.807, 2.05) is 24.3 Å². The Bertz CT molecular complexity index is 572. The number of benzene rings is 2. The van der Waals surface area contributed by atoms with Crippen molar-refractivity contribution >= 4 is 5.69 Å². The lowest BCUT2D eigenvalue weighted by Gasteiger charge is -2.10.